The molecular formula is C25H35N8O11P. The molecule has 3 aromatic rings. The van der Waals surface area contributed by atoms with Crippen molar-refractivity contribution in [3.63, 3.8) is 0 Å². The first-order valence-electron chi connectivity index (χ1n) is 13.9. The molecule has 0 aromatic carbocycles. The monoisotopic (exact) mass is 654 g/mol. The highest BCUT2D eigenvalue weighted by atomic mass is 31.2. The van der Waals surface area contributed by atoms with Gasteiger partial charge in [0.2, 0.25) is 0 Å². The van der Waals surface area contributed by atoms with E-state index in [0.29, 0.717) is 17.7 Å². The number of aromatic nitrogens is 7. The third-order valence-corrected chi connectivity index (χ3v) is 8.53. The Hall–Kier alpha value is -3.55. The van der Waals surface area contributed by atoms with Gasteiger partial charge in [0.15, 0.2) is 0 Å². The van der Waals surface area contributed by atoms with Crippen LogP contribution < -0.4 is 22.7 Å². The first-order chi connectivity index (χ1) is 21.4. The summed E-state index contributed by atoms with van der Waals surface area (Å²) >= 11 is 0. The maximum absolute atomic E-state index is 12.5. The molecule has 0 bridgehead atoms. The number of nitrogens with one attached hydrogen (secondary N) is 1. The van der Waals surface area contributed by atoms with Gasteiger partial charge < -0.3 is 29.6 Å². The number of anilines is 1. The topological polar surface area (TPSA) is 239 Å². The molecule has 246 valence electrons. The normalized spacial score (nSPS) is 26.3. The van der Waals surface area contributed by atoms with Crippen LogP contribution in [0.1, 0.15) is 42.1 Å². The van der Waals surface area contributed by atoms with Crippen LogP contribution >= 0.6 is 7.82 Å². The number of aryl methyl sites for hydroxylation is 2. The molecular weight excluding hydrogens is 619 g/mol. The fraction of sp³-hybridized carbons (Fsp3) is 0.600. The molecule has 0 aliphatic carbocycles. The van der Waals surface area contributed by atoms with E-state index in [4.69, 9.17) is 29.2 Å². The van der Waals surface area contributed by atoms with Crippen molar-refractivity contribution in [1.29, 1.82) is 0 Å². The second-order valence-corrected chi connectivity index (χ2v) is 12.3. The molecule has 5 rings (SSSR count). The lowest BCUT2D eigenvalue weighted by molar-refractivity contribution is -0.0735. The van der Waals surface area contributed by atoms with E-state index in [-0.39, 0.29) is 37.6 Å². The fourth-order valence-electron chi connectivity index (χ4n) is 5.18. The first kappa shape index (κ1) is 32.8. The molecule has 2 saturated heterocycles. The summed E-state index contributed by atoms with van der Waals surface area (Å²) in [6, 6.07) is 0. The maximum Gasteiger partial charge on any atom is 0.472 e. The number of hydrogen-bond acceptors (Lipinski definition) is 14. The second-order valence-electron chi connectivity index (χ2n) is 10.7. The lowest BCUT2D eigenvalue weighted by Crippen LogP contribution is -2.33. The van der Waals surface area contributed by atoms with E-state index in [0.717, 1.165) is 7.11 Å². The molecule has 7 atom stereocenters. The average molecular weight is 655 g/mol. The van der Waals surface area contributed by atoms with Crippen molar-refractivity contribution in [2.24, 2.45) is 0 Å². The van der Waals surface area contributed by atoms with Gasteiger partial charge in [-0.15, -0.1) is 5.10 Å². The van der Waals surface area contributed by atoms with Gasteiger partial charge in [-0.2, -0.15) is 4.98 Å². The highest BCUT2D eigenvalue weighted by molar-refractivity contribution is 7.47. The minimum absolute atomic E-state index is 0.00447. The van der Waals surface area contributed by atoms with E-state index in [1.807, 2.05) is 0 Å². The number of phosphoric acid groups is 1. The lowest BCUT2D eigenvalue weighted by Gasteiger charge is -2.20. The zero-order valence-corrected chi connectivity index (χ0v) is 25.9. The first-order valence-corrected chi connectivity index (χ1v) is 15.4. The van der Waals surface area contributed by atoms with Crippen LogP contribution in [0.5, 0.6) is 0 Å². The zero-order chi connectivity index (χ0) is 32.5. The molecule has 0 spiro atoms. The Morgan fingerprint density at radius 2 is 1.73 bits per heavy atom. The summed E-state index contributed by atoms with van der Waals surface area (Å²) < 4.78 is 49.6. The van der Waals surface area contributed by atoms with Crippen LogP contribution in [0.4, 0.5) is 5.82 Å². The van der Waals surface area contributed by atoms with Crippen molar-refractivity contribution in [2.75, 3.05) is 26.6 Å². The van der Waals surface area contributed by atoms with Crippen molar-refractivity contribution in [3.05, 3.63) is 66.7 Å². The minimum atomic E-state index is -4.42. The van der Waals surface area contributed by atoms with Crippen molar-refractivity contribution in [1.82, 2.24) is 34.1 Å². The van der Waals surface area contributed by atoms with E-state index in [9.17, 15) is 23.8 Å². The predicted molar refractivity (Wildman–Crippen MR) is 153 cm³/mol. The SMILES string of the molecule is COC[C@H]1O[C@@H](n2cc(C)c(N)nc2=O)CC1OCc1cn(C[C@H]2O[C@@H](n3cc(C)c(=O)[nH]c3=O)CC2OP(=O)(O)OC)nn1. The number of ether oxygens (including phenoxy) is 4. The quantitative estimate of drug-likeness (QED) is 0.209. The van der Waals surface area contributed by atoms with Crippen LogP contribution in [0.25, 0.3) is 0 Å². The van der Waals surface area contributed by atoms with Crippen molar-refractivity contribution in [3.8, 4) is 0 Å². The molecule has 4 N–H and O–H groups in total. The van der Waals surface area contributed by atoms with E-state index < -0.39 is 61.6 Å². The van der Waals surface area contributed by atoms with Gasteiger partial charge in [-0.1, -0.05) is 5.21 Å². The van der Waals surface area contributed by atoms with Gasteiger partial charge in [-0.05, 0) is 13.8 Å². The Kier molecular flexibility index (Phi) is 9.80. The zero-order valence-electron chi connectivity index (χ0n) is 25.0. The summed E-state index contributed by atoms with van der Waals surface area (Å²) in [7, 11) is -1.86. The average Bonchev–Trinajstić information content (AvgIpc) is 3.71. The smallest absolute Gasteiger partial charge is 0.383 e. The molecule has 20 heteroatoms. The van der Waals surface area contributed by atoms with Crippen LogP contribution in [-0.2, 0) is 45.7 Å². The minimum Gasteiger partial charge on any atom is -0.383 e. The summed E-state index contributed by atoms with van der Waals surface area (Å²) in [5, 5.41) is 8.26. The van der Waals surface area contributed by atoms with Gasteiger partial charge in [0.1, 0.15) is 42.3 Å². The third kappa shape index (κ3) is 7.47. The maximum atomic E-state index is 12.5. The summed E-state index contributed by atoms with van der Waals surface area (Å²) in [4.78, 5) is 52.8. The lowest BCUT2D eigenvalue weighted by atomic mass is 10.2. The second kappa shape index (κ2) is 13.4. The molecule has 19 nitrogen and oxygen atoms in total. The van der Waals surface area contributed by atoms with E-state index in [1.54, 1.807) is 19.3 Å². The van der Waals surface area contributed by atoms with Gasteiger partial charge in [0, 0.05) is 50.6 Å². The van der Waals surface area contributed by atoms with E-state index in [2.05, 4.69) is 24.8 Å². The van der Waals surface area contributed by atoms with Crippen LogP contribution in [-0.4, -0.2) is 84.2 Å². The summed E-state index contributed by atoms with van der Waals surface area (Å²) in [5.41, 5.74) is 5.36. The highest BCUT2D eigenvalue weighted by Crippen LogP contribution is 2.47. The molecule has 3 unspecified atom stereocenters. The number of methoxy groups -OCH3 is 1. The molecule has 2 aliphatic heterocycles. The van der Waals surface area contributed by atoms with Gasteiger partial charge in [-0.3, -0.25) is 28.0 Å². The van der Waals surface area contributed by atoms with Crippen LogP contribution in [0, 0.1) is 13.8 Å². The Balaban J connectivity index is 1.26. The number of aromatic amines is 1. The number of rotatable bonds is 12. The van der Waals surface area contributed by atoms with Crippen molar-refractivity contribution in [2.45, 2.75) is 76.7 Å². The highest BCUT2D eigenvalue weighted by Gasteiger charge is 2.42. The van der Waals surface area contributed by atoms with E-state index >= 15 is 0 Å². The van der Waals surface area contributed by atoms with Crippen LogP contribution in [0.2, 0.25) is 0 Å². The molecule has 45 heavy (non-hydrogen) atoms. The van der Waals surface area contributed by atoms with Crippen molar-refractivity contribution >= 4 is 13.6 Å². The Morgan fingerprint density at radius 3 is 2.47 bits per heavy atom. The van der Waals surface area contributed by atoms with Gasteiger partial charge >= 0.3 is 19.2 Å². The van der Waals surface area contributed by atoms with Gasteiger partial charge in [0.25, 0.3) is 5.56 Å². The van der Waals surface area contributed by atoms with Crippen LogP contribution in [0.3, 0.4) is 0 Å². The number of nitrogens with two attached hydrogens (primary N) is 1. The molecule has 5 heterocycles. The number of nitrogen functional groups attached to an aromatic ring is 1. The van der Waals surface area contributed by atoms with Crippen LogP contribution in [0.15, 0.2) is 33.0 Å². The van der Waals surface area contributed by atoms with Gasteiger partial charge in [-0.25, -0.2) is 18.8 Å². The van der Waals surface area contributed by atoms with Gasteiger partial charge in [0.05, 0.1) is 32.1 Å². The molecule has 0 radical (unpaired) electrons. The number of nitrogens with zero attached hydrogens (tertiary/aromatic N) is 6. The number of H-pyrrole nitrogens is 1. The third-order valence-electron chi connectivity index (χ3n) is 7.53. The Labute approximate surface area is 255 Å². The molecule has 2 aliphatic rings. The Bertz CT molecular complexity index is 1740. The molecule has 3 aromatic heterocycles. The summed E-state index contributed by atoms with van der Waals surface area (Å²) in [6.07, 6.45) is 0.585. The largest absolute Gasteiger partial charge is 0.472 e. The fourth-order valence-corrected chi connectivity index (χ4v) is 5.83. The number of phosphoric ester groups is 1. The number of hydrogen-bond donors (Lipinski definition) is 3. The van der Waals surface area contributed by atoms with E-state index in [1.165, 1.54) is 34.0 Å². The molecule has 2 fully saturated rings. The predicted octanol–water partition coefficient (Wildman–Crippen LogP) is -0.477. The molecule has 0 amide bonds. The standard InChI is InChI=1S/C25H35N8O11P/c1-13-7-32(24(35)27-22(13)26)20-5-16(19(43-20)12-39-3)41-11-15-9-31(30-29-15)10-18-17(44-45(37,38)40-4)6-21(42-18)33-8-14(2)23(34)28-25(33)36/h7-9,16-21H,5-6,10-12H2,1-4H3,(H,37,38)(H2,26,27,35)(H,28,34,36)/t16?,17?,18-,19-,20-,21-/m1/s1. The molecule has 0 saturated carbocycles. The summed E-state index contributed by atoms with van der Waals surface area (Å²) in [6.45, 7) is 3.58. The van der Waals surface area contributed by atoms with Crippen molar-refractivity contribution < 1.29 is 37.5 Å². The Morgan fingerprint density at radius 1 is 1.04 bits per heavy atom. The summed E-state index contributed by atoms with van der Waals surface area (Å²) in [5.74, 6) is 0.152.